The highest BCUT2D eigenvalue weighted by Crippen LogP contribution is 2.43. The van der Waals surface area contributed by atoms with E-state index in [0.29, 0.717) is 0 Å². The molecule has 6 nitrogen and oxygen atoms in total. The first-order valence-corrected chi connectivity index (χ1v) is 13.3. The van der Waals surface area contributed by atoms with Gasteiger partial charge in [-0.1, -0.05) is 24.3 Å². The number of nitrogens with zero attached hydrogens (tertiary/aromatic N) is 2. The number of rotatable bonds is 3. The number of nitrogens with one attached hydrogen (secondary N) is 1. The maximum atomic E-state index is 6.26. The van der Waals surface area contributed by atoms with Crippen LogP contribution in [0.15, 0.2) is 117 Å². The molecule has 5 heterocycles. The largest absolute Gasteiger partial charge is 0.456 e. The van der Waals surface area contributed by atoms with Gasteiger partial charge in [0.1, 0.15) is 27.8 Å². The molecule has 0 saturated heterocycles. The molecule has 40 heavy (non-hydrogen) atoms. The van der Waals surface area contributed by atoms with E-state index in [-0.39, 0.29) is 0 Å². The molecule has 0 fully saturated rings. The third kappa shape index (κ3) is 3.07. The predicted octanol–water partition coefficient (Wildman–Crippen LogP) is 9.54. The van der Waals surface area contributed by atoms with Gasteiger partial charge >= 0.3 is 0 Å². The summed E-state index contributed by atoms with van der Waals surface area (Å²) in [6.45, 7) is 0.792. The summed E-state index contributed by atoms with van der Waals surface area (Å²) in [5.41, 5.74) is 8.97. The summed E-state index contributed by atoms with van der Waals surface area (Å²) in [6, 6.07) is 31.0. The second-order valence-corrected chi connectivity index (χ2v) is 10.1. The summed E-state index contributed by atoms with van der Waals surface area (Å²) >= 11 is 0. The molecule has 8 aromatic rings. The molecule has 9 rings (SSSR count). The Morgan fingerprint density at radius 2 is 1.32 bits per heavy atom. The molecule has 0 amide bonds. The van der Waals surface area contributed by atoms with Crippen LogP contribution in [0.25, 0.3) is 61.1 Å². The SMILES string of the molecule is C1=Cc2oc3cc(N(c4ccc5c(c4)oc4cccnc45)c4ccc5oc6ccccc6c5c4)ccc3c2NC1. The number of aromatic nitrogens is 1. The zero-order valence-corrected chi connectivity index (χ0v) is 21.2. The van der Waals surface area contributed by atoms with Gasteiger partial charge in [0, 0.05) is 63.5 Å². The van der Waals surface area contributed by atoms with E-state index in [1.54, 1.807) is 6.20 Å². The summed E-state index contributed by atoms with van der Waals surface area (Å²) in [6.07, 6.45) is 5.90. The molecule has 1 aliphatic rings. The zero-order chi connectivity index (χ0) is 26.2. The van der Waals surface area contributed by atoms with Crippen LogP contribution in [0.3, 0.4) is 0 Å². The fourth-order valence-corrected chi connectivity index (χ4v) is 5.89. The maximum Gasteiger partial charge on any atom is 0.153 e. The predicted molar refractivity (Wildman–Crippen MR) is 161 cm³/mol. The molecule has 0 spiro atoms. The van der Waals surface area contributed by atoms with E-state index in [4.69, 9.17) is 13.3 Å². The van der Waals surface area contributed by atoms with Crippen molar-refractivity contribution in [1.82, 2.24) is 4.98 Å². The second-order valence-electron chi connectivity index (χ2n) is 10.1. The van der Waals surface area contributed by atoms with Crippen LogP contribution in [0.1, 0.15) is 5.76 Å². The minimum absolute atomic E-state index is 0.774. The molecule has 4 aromatic heterocycles. The number of benzene rings is 4. The highest BCUT2D eigenvalue weighted by atomic mass is 16.3. The van der Waals surface area contributed by atoms with Crippen LogP contribution >= 0.6 is 0 Å². The fourth-order valence-electron chi connectivity index (χ4n) is 5.89. The van der Waals surface area contributed by atoms with E-state index in [0.717, 1.165) is 90.0 Å². The Kier molecular flexibility index (Phi) is 4.29. The van der Waals surface area contributed by atoms with E-state index in [2.05, 4.69) is 75.9 Å². The van der Waals surface area contributed by atoms with Gasteiger partial charge in [0.2, 0.25) is 0 Å². The van der Waals surface area contributed by atoms with E-state index in [9.17, 15) is 0 Å². The number of hydrogen-bond acceptors (Lipinski definition) is 6. The first-order chi connectivity index (χ1) is 19.8. The monoisotopic (exact) mass is 519 g/mol. The van der Waals surface area contributed by atoms with Crippen LogP contribution in [0.2, 0.25) is 0 Å². The molecule has 0 bridgehead atoms. The molecule has 0 radical (unpaired) electrons. The molecule has 190 valence electrons. The molecule has 0 unspecified atom stereocenters. The Bertz CT molecular complexity index is 2300. The lowest BCUT2D eigenvalue weighted by molar-refractivity contribution is 0.604. The number of furan rings is 3. The minimum atomic E-state index is 0.774. The molecule has 0 saturated carbocycles. The Hall–Kier alpha value is -5.49. The lowest BCUT2D eigenvalue weighted by atomic mass is 10.1. The van der Waals surface area contributed by atoms with Crippen LogP contribution in [-0.2, 0) is 0 Å². The van der Waals surface area contributed by atoms with E-state index in [1.807, 2.05) is 42.5 Å². The lowest BCUT2D eigenvalue weighted by Gasteiger charge is -2.25. The van der Waals surface area contributed by atoms with Gasteiger partial charge in [0.25, 0.3) is 0 Å². The molecule has 0 aliphatic carbocycles. The van der Waals surface area contributed by atoms with Gasteiger partial charge in [-0.3, -0.25) is 4.98 Å². The van der Waals surface area contributed by atoms with Crippen molar-refractivity contribution in [1.29, 1.82) is 0 Å². The van der Waals surface area contributed by atoms with Gasteiger partial charge in [-0.05, 0) is 66.7 Å². The zero-order valence-electron chi connectivity index (χ0n) is 21.2. The molecule has 0 atom stereocenters. The molecule has 4 aromatic carbocycles. The smallest absolute Gasteiger partial charge is 0.153 e. The van der Waals surface area contributed by atoms with Crippen molar-refractivity contribution in [2.45, 2.75) is 0 Å². The van der Waals surface area contributed by atoms with Crippen molar-refractivity contribution >= 4 is 83.8 Å². The molecule has 6 heteroatoms. The number of pyridine rings is 1. The van der Waals surface area contributed by atoms with Gasteiger partial charge in [-0.15, -0.1) is 0 Å². The third-order valence-electron chi connectivity index (χ3n) is 7.71. The average Bonchev–Trinajstić information content (AvgIpc) is 3.67. The number of fused-ring (bicyclic) bond motifs is 9. The Labute approximate surface area is 227 Å². The van der Waals surface area contributed by atoms with Gasteiger partial charge in [-0.2, -0.15) is 0 Å². The summed E-state index contributed by atoms with van der Waals surface area (Å²) in [7, 11) is 0. The van der Waals surface area contributed by atoms with E-state index in [1.165, 1.54) is 0 Å². The third-order valence-corrected chi connectivity index (χ3v) is 7.71. The van der Waals surface area contributed by atoms with Gasteiger partial charge in [0.15, 0.2) is 11.3 Å². The summed E-state index contributed by atoms with van der Waals surface area (Å²) in [5.74, 6) is 0.854. The van der Waals surface area contributed by atoms with Gasteiger partial charge in [-0.25, -0.2) is 0 Å². The van der Waals surface area contributed by atoms with Gasteiger partial charge in [0.05, 0.1) is 5.69 Å². The van der Waals surface area contributed by atoms with Crippen LogP contribution in [-0.4, -0.2) is 11.5 Å². The summed E-state index contributed by atoms with van der Waals surface area (Å²) < 4.78 is 18.6. The first kappa shape index (κ1) is 21.4. The fraction of sp³-hybridized carbons (Fsp3) is 0.0294. The Morgan fingerprint density at radius 3 is 2.25 bits per heavy atom. The van der Waals surface area contributed by atoms with E-state index >= 15 is 0 Å². The lowest BCUT2D eigenvalue weighted by Crippen LogP contribution is -2.09. The highest BCUT2D eigenvalue weighted by Gasteiger charge is 2.20. The quantitative estimate of drug-likeness (QED) is 0.251. The average molecular weight is 520 g/mol. The minimum Gasteiger partial charge on any atom is -0.456 e. The standard InChI is InChI=1S/C34H21N3O3/c1-2-6-27-23(5-1)26-17-20(11-14-28(26)38-27)37(21-9-12-24-31(18-21)39-29-7-3-15-35-33(24)29)22-10-13-25-32(19-22)40-30-8-4-16-36-34(25)30/h1-15,17-19,36H,16H2. The number of hydrogen-bond donors (Lipinski definition) is 1. The molecule has 1 aliphatic heterocycles. The van der Waals surface area contributed by atoms with Crippen LogP contribution < -0.4 is 10.2 Å². The summed E-state index contributed by atoms with van der Waals surface area (Å²) in [5, 5.41) is 7.65. The molecule has 1 N–H and O–H groups in total. The Balaban J connectivity index is 1.28. The normalized spacial score (nSPS) is 13.0. The molecular formula is C34H21N3O3. The van der Waals surface area contributed by atoms with Crippen molar-refractivity contribution in [3.8, 4) is 0 Å². The second kappa shape index (κ2) is 8.01. The van der Waals surface area contributed by atoms with Gasteiger partial charge < -0.3 is 23.5 Å². The van der Waals surface area contributed by atoms with E-state index < -0.39 is 0 Å². The maximum absolute atomic E-state index is 6.26. The first-order valence-electron chi connectivity index (χ1n) is 13.3. The summed E-state index contributed by atoms with van der Waals surface area (Å²) in [4.78, 5) is 6.77. The highest BCUT2D eigenvalue weighted by molar-refractivity contribution is 6.08. The number of para-hydroxylation sites is 1. The van der Waals surface area contributed by atoms with Crippen LogP contribution in [0, 0.1) is 0 Å². The topological polar surface area (TPSA) is 67.6 Å². The van der Waals surface area contributed by atoms with Crippen LogP contribution in [0.4, 0.5) is 22.7 Å². The Morgan fingerprint density at radius 1 is 0.600 bits per heavy atom. The number of anilines is 4. The molecular weight excluding hydrogens is 498 g/mol. The van der Waals surface area contributed by atoms with Crippen molar-refractivity contribution < 1.29 is 13.3 Å². The van der Waals surface area contributed by atoms with Crippen molar-refractivity contribution in [2.75, 3.05) is 16.8 Å². The van der Waals surface area contributed by atoms with Crippen molar-refractivity contribution in [3.05, 3.63) is 109 Å². The van der Waals surface area contributed by atoms with Crippen LogP contribution in [0.5, 0.6) is 0 Å². The van der Waals surface area contributed by atoms with Crippen molar-refractivity contribution in [2.24, 2.45) is 0 Å². The van der Waals surface area contributed by atoms with Crippen molar-refractivity contribution in [3.63, 3.8) is 0 Å².